The molecule has 0 atom stereocenters. The number of rotatable bonds is 3. The molecule has 6 heteroatoms. The number of Topliss-reactive ketones (excluding diaryl/α,β-unsaturated/α-hetero) is 1. The van der Waals surface area contributed by atoms with E-state index in [4.69, 9.17) is 4.98 Å². The number of thioether (sulfide) groups is 1. The van der Waals surface area contributed by atoms with E-state index in [2.05, 4.69) is 22.1 Å². The third-order valence-electron chi connectivity index (χ3n) is 3.33. The van der Waals surface area contributed by atoms with E-state index in [0.717, 1.165) is 36.4 Å². The second-order valence-electron chi connectivity index (χ2n) is 4.98. The highest BCUT2D eigenvalue weighted by atomic mass is 32.2. The van der Waals surface area contributed by atoms with Crippen LogP contribution in [-0.2, 0) is 4.79 Å². The number of para-hydroxylation sites is 1. The molecule has 0 saturated heterocycles. The average Bonchev–Trinajstić information content (AvgIpc) is 2.88. The van der Waals surface area contributed by atoms with Crippen molar-refractivity contribution < 1.29 is 4.79 Å². The van der Waals surface area contributed by atoms with Crippen LogP contribution in [0.1, 0.15) is 6.92 Å². The van der Waals surface area contributed by atoms with Crippen LogP contribution < -0.4 is 0 Å². The maximum atomic E-state index is 11.2. The molecule has 4 rings (SSSR count). The quantitative estimate of drug-likeness (QED) is 0.420. The van der Waals surface area contributed by atoms with Crippen LogP contribution in [0.15, 0.2) is 41.7 Å². The lowest BCUT2D eigenvalue weighted by molar-refractivity contribution is -0.114. The van der Waals surface area contributed by atoms with Crippen LogP contribution in [-0.4, -0.2) is 26.5 Å². The minimum Gasteiger partial charge on any atom is -0.299 e. The predicted molar refractivity (Wildman–Crippen MR) is 91.6 cm³/mol. The summed E-state index contributed by atoms with van der Waals surface area (Å²) in [5.41, 5.74) is 1.90. The van der Waals surface area contributed by atoms with Crippen molar-refractivity contribution in [2.45, 2.75) is 11.9 Å². The highest BCUT2D eigenvalue weighted by molar-refractivity contribution is 8.00. The summed E-state index contributed by atoms with van der Waals surface area (Å²) < 4.78 is 1.01. The molecule has 0 radical (unpaired) electrons. The van der Waals surface area contributed by atoms with Crippen LogP contribution in [0.3, 0.4) is 0 Å². The van der Waals surface area contributed by atoms with Crippen LogP contribution in [0.4, 0.5) is 0 Å². The molecule has 0 fully saturated rings. The van der Waals surface area contributed by atoms with Crippen molar-refractivity contribution >= 4 is 60.2 Å². The number of hydrogen-bond acceptors (Lipinski definition) is 6. The average molecular weight is 325 g/mol. The van der Waals surface area contributed by atoms with E-state index in [0.29, 0.717) is 5.75 Å². The fourth-order valence-electron chi connectivity index (χ4n) is 2.36. The maximum Gasteiger partial charge on any atom is 0.140 e. The summed E-state index contributed by atoms with van der Waals surface area (Å²) in [5, 5.41) is 3.00. The molecule has 4 nitrogen and oxygen atoms in total. The van der Waals surface area contributed by atoms with Gasteiger partial charge in [-0.25, -0.2) is 15.0 Å². The van der Waals surface area contributed by atoms with E-state index >= 15 is 0 Å². The third-order valence-corrected chi connectivity index (χ3v) is 5.68. The van der Waals surface area contributed by atoms with Gasteiger partial charge in [-0.3, -0.25) is 4.79 Å². The van der Waals surface area contributed by atoms with Gasteiger partial charge in [-0.1, -0.05) is 30.0 Å². The van der Waals surface area contributed by atoms with Gasteiger partial charge in [0.05, 0.1) is 21.5 Å². The van der Waals surface area contributed by atoms with Crippen LogP contribution in [0, 0.1) is 0 Å². The van der Waals surface area contributed by atoms with Crippen LogP contribution >= 0.6 is 23.1 Å². The zero-order valence-electron chi connectivity index (χ0n) is 11.7. The van der Waals surface area contributed by atoms with Gasteiger partial charge >= 0.3 is 0 Å². The van der Waals surface area contributed by atoms with Gasteiger partial charge < -0.3 is 0 Å². The van der Waals surface area contributed by atoms with Crippen molar-refractivity contribution in [2.75, 3.05) is 5.75 Å². The van der Waals surface area contributed by atoms with Gasteiger partial charge in [0.15, 0.2) is 0 Å². The van der Waals surface area contributed by atoms with Crippen molar-refractivity contribution in [3.8, 4) is 0 Å². The molecular weight excluding hydrogens is 314 g/mol. The Morgan fingerprint density at radius 2 is 2.14 bits per heavy atom. The summed E-state index contributed by atoms with van der Waals surface area (Å²) in [7, 11) is 0. The van der Waals surface area contributed by atoms with E-state index in [1.54, 1.807) is 24.6 Å². The summed E-state index contributed by atoms with van der Waals surface area (Å²) in [6.07, 6.45) is 1.56. The number of hydrogen-bond donors (Lipinski definition) is 0. The molecule has 0 bridgehead atoms. The summed E-state index contributed by atoms with van der Waals surface area (Å²) in [4.78, 5) is 25.6. The van der Waals surface area contributed by atoms with Gasteiger partial charge in [0.2, 0.25) is 0 Å². The van der Waals surface area contributed by atoms with E-state index < -0.39 is 0 Å². The molecule has 0 saturated carbocycles. The van der Waals surface area contributed by atoms with Gasteiger partial charge in [-0.2, -0.15) is 0 Å². The minimum absolute atomic E-state index is 0.140. The van der Waals surface area contributed by atoms with Crippen LogP contribution in [0.25, 0.3) is 31.3 Å². The number of benzene rings is 1. The molecule has 0 unspecified atom stereocenters. The van der Waals surface area contributed by atoms with Gasteiger partial charge in [-0.05, 0) is 19.1 Å². The Kier molecular flexibility index (Phi) is 3.28. The van der Waals surface area contributed by atoms with Crippen molar-refractivity contribution in [1.82, 2.24) is 15.0 Å². The fourth-order valence-corrected chi connectivity index (χ4v) is 4.35. The second-order valence-corrected chi connectivity index (χ2v) is 6.95. The molecule has 1 aromatic carbocycles. The zero-order chi connectivity index (χ0) is 15.1. The first kappa shape index (κ1) is 13.6. The van der Waals surface area contributed by atoms with Crippen LogP contribution in [0.5, 0.6) is 0 Å². The smallest absolute Gasteiger partial charge is 0.140 e. The highest BCUT2D eigenvalue weighted by Crippen LogP contribution is 2.37. The topological polar surface area (TPSA) is 55.7 Å². The van der Waals surface area contributed by atoms with Gasteiger partial charge in [0.25, 0.3) is 0 Å². The standard InChI is InChI=1S/C16H11N3OS2/c1-9(20)7-21-16-14-13(17-8-18-16)11-6-10-4-2-3-5-12(10)19-15(11)22-14/h2-6,8H,7H2,1H3. The molecule has 0 aliphatic carbocycles. The lowest BCUT2D eigenvalue weighted by Crippen LogP contribution is -1.94. The Hall–Kier alpha value is -2.05. The van der Waals surface area contributed by atoms with Crippen LogP contribution in [0.2, 0.25) is 0 Å². The predicted octanol–water partition coefficient (Wildman–Crippen LogP) is 4.07. The molecule has 3 aromatic heterocycles. The number of nitrogens with zero attached hydrogens (tertiary/aromatic N) is 3. The number of carbonyl (C=O) groups excluding carboxylic acids is 1. The number of pyridine rings is 1. The molecule has 22 heavy (non-hydrogen) atoms. The molecule has 0 aliphatic heterocycles. The summed E-state index contributed by atoms with van der Waals surface area (Å²) in [6.45, 7) is 1.59. The number of carbonyl (C=O) groups is 1. The second kappa shape index (κ2) is 5.30. The number of ketones is 1. The van der Waals surface area contributed by atoms with E-state index in [-0.39, 0.29) is 5.78 Å². The summed E-state index contributed by atoms with van der Waals surface area (Å²) in [5.74, 6) is 0.567. The van der Waals surface area contributed by atoms with Gasteiger partial charge in [0, 0.05) is 10.8 Å². The summed E-state index contributed by atoms with van der Waals surface area (Å²) >= 11 is 3.05. The van der Waals surface area contributed by atoms with Gasteiger partial charge in [0.1, 0.15) is 22.0 Å². The summed E-state index contributed by atoms with van der Waals surface area (Å²) in [6, 6.07) is 10.2. The Morgan fingerprint density at radius 1 is 1.27 bits per heavy atom. The molecule has 108 valence electrons. The molecule has 0 amide bonds. The monoisotopic (exact) mass is 325 g/mol. The normalized spacial score (nSPS) is 11.5. The van der Waals surface area contributed by atoms with E-state index in [1.165, 1.54) is 11.8 Å². The Balaban J connectivity index is 1.98. The van der Waals surface area contributed by atoms with Gasteiger partial charge in [-0.15, -0.1) is 11.3 Å². The van der Waals surface area contributed by atoms with Crippen molar-refractivity contribution in [1.29, 1.82) is 0 Å². The molecule has 0 aliphatic rings. The molecule has 0 N–H and O–H groups in total. The van der Waals surface area contributed by atoms with Crippen molar-refractivity contribution in [3.05, 3.63) is 36.7 Å². The lowest BCUT2D eigenvalue weighted by atomic mass is 10.2. The van der Waals surface area contributed by atoms with Crippen molar-refractivity contribution in [3.63, 3.8) is 0 Å². The Morgan fingerprint density at radius 3 is 3.00 bits per heavy atom. The van der Waals surface area contributed by atoms with Crippen molar-refractivity contribution in [2.24, 2.45) is 0 Å². The third kappa shape index (κ3) is 2.24. The lowest BCUT2D eigenvalue weighted by Gasteiger charge is -1.99. The first-order valence-corrected chi connectivity index (χ1v) is 8.58. The zero-order valence-corrected chi connectivity index (χ0v) is 13.4. The first-order chi connectivity index (χ1) is 10.7. The maximum absolute atomic E-state index is 11.2. The highest BCUT2D eigenvalue weighted by Gasteiger charge is 2.13. The minimum atomic E-state index is 0.140. The number of fused-ring (bicyclic) bond motifs is 4. The molecule has 0 spiro atoms. The Bertz CT molecular complexity index is 1030. The Labute approximate surface area is 134 Å². The number of aromatic nitrogens is 3. The molecule has 4 aromatic rings. The fraction of sp³-hybridized carbons (Fsp3) is 0.125. The molecular formula is C16H11N3OS2. The van der Waals surface area contributed by atoms with E-state index in [1.807, 2.05) is 18.2 Å². The number of thiophene rings is 1. The first-order valence-electron chi connectivity index (χ1n) is 6.77. The molecule has 3 heterocycles. The largest absolute Gasteiger partial charge is 0.299 e. The van der Waals surface area contributed by atoms with E-state index in [9.17, 15) is 4.79 Å². The SMILES string of the molecule is CC(=O)CSc1ncnc2c1sc1nc3ccccc3cc12.